The van der Waals surface area contributed by atoms with Crippen molar-refractivity contribution in [3.05, 3.63) is 75.7 Å². The van der Waals surface area contributed by atoms with Gasteiger partial charge < -0.3 is 0 Å². The monoisotopic (exact) mass is 390 g/mol. The highest BCUT2D eigenvalue weighted by molar-refractivity contribution is 9.10. The van der Waals surface area contributed by atoms with Crippen molar-refractivity contribution in [2.24, 2.45) is 0 Å². The molecule has 0 atom stereocenters. The van der Waals surface area contributed by atoms with E-state index in [1.807, 2.05) is 60.7 Å². The number of halogens is 2. The highest BCUT2D eigenvalue weighted by Crippen LogP contribution is 2.26. The van der Waals surface area contributed by atoms with Crippen molar-refractivity contribution in [3.8, 4) is 11.3 Å². The van der Waals surface area contributed by atoms with Gasteiger partial charge in [-0.15, -0.1) is 10.2 Å². The van der Waals surface area contributed by atoms with Crippen LogP contribution in [-0.4, -0.2) is 10.2 Å². The topological polar surface area (TPSA) is 25.8 Å². The fourth-order valence-electron chi connectivity index (χ4n) is 1.94. The molecule has 22 heavy (non-hydrogen) atoms. The van der Waals surface area contributed by atoms with E-state index < -0.39 is 0 Å². The maximum absolute atomic E-state index is 6.16. The van der Waals surface area contributed by atoms with Gasteiger partial charge in [-0.2, -0.15) is 0 Å². The molecule has 0 N–H and O–H groups in total. The molecule has 0 bridgehead atoms. The molecule has 0 aliphatic rings. The number of thioether (sulfide) groups is 1. The van der Waals surface area contributed by atoms with E-state index in [0.29, 0.717) is 0 Å². The van der Waals surface area contributed by atoms with Crippen LogP contribution < -0.4 is 0 Å². The van der Waals surface area contributed by atoms with E-state index >= 15 is 0 Å². The third-order valence-corrected chi connectivity index (χ3v) is 4.98. The predicted molar refractivity (Wildman–Crippen MR) is 96.2 cm³/mol. The number of aromatic nitrogens is 2. The molecule has 1 heterocycles. The molecule has 0 unspecified atom stereocenters. The Morgan fingerprint density at radius 1 is 0.909 bits per heavy atom. The van der Waals surface area contributed by atoms with E-state index in [9.17, 15) is 0 Å². The van der Waals surface area contributed by atoms with Crippen molar-refractivity contribution in [2.45, 2.75) is 10.8 Å². The number of benzene rings is 2. The molecule has 0 aliphatic carbocycles. The van der Waals surface area contributed by atoms with Crippen molar-refractivity contribution in [1.82, 2.24) is 10.2 Å². The molecule has 3 rings (SSSR count). The van der Waals surface area contributed by atoms with Gasteiger partial charge in [0.05, 0.1) is 5.69 Å². The summed E-state index contributed by atoms with van der Waals surface area (Å²) in [5.74, 6) is 0.784. The Balaban J connectivity index is 1.69. The lowest BCUT2D eigenvalue weighted by Gasteiger charge is -2.04. The van der Waals surface area contributed by atoms with E-state index in [4.69, 9.17) is 11.6 Å². The smallest absolute Gasteiger partial charge is 0.119 e. The van der Waals surface area contributed by atoms with Crippen LogP contribution in [0.5, 0.6) is 0 Å². The molecule has 2 aromatic carbocycles. The van der Waals surface area contributed by atoms with E-state index in [0.717, 1.165) is 37.1 Å². The number of hydrogen-bond acceptors (Lipinski definition) is 3. The highest BCUT2D eigenvalue weighted by Gasteiger charge is 2.04. The standard InChI is InChI=1S/C17H12BrClN2S/c18-14-7-5-12(6-8-14)16-9-10-17(21-20-16)22-11-13-3-1-2-4-15(13)19/h1-10H,11H2. The lowest BCUT2D eigenvalue weighted by molar-refractivity contribution is 0.935. The van der Waals surface area contributed by atoms with Crippen molar-refractivity contribution >= 4 is 39.3 Å². The Hall–Kier alpha value is -1.36. The average Bonchev–Trinajstić information content (AvgIpc) is 2.55. The van der Waals surface area contributed by atoms with E-state index in [1.54, 1.807) is 11.8 Å². The Labute approximate surface area is 147 Å². The van der Waals surface area contributed by atoms with Crippen molar-refractivity contribution < 1.29 is 0 Å². The third-order valence-electron chi connectivity index (χ3n) is 3.11. The van der Waals surface area contributed by atoms with Gasteiger partial charge in [0.2, 0.25) is 0 Å². The molecule has 0 fully saturated rings. The molecule has 5 heteroatoms. The van der Waals surface area contributed by atoms with Crippen LogP contribution in [-0.2, 0) is 5.75 Å². The van der Waals surface area contributed by atoms with Gasteiger partial charge in [-0.3, -0.25) is 0 Å². The van der Waals surface area contributed by atoms with E-state index in [1.165, 1.54) is 0 Å². The lowest BCUT2D eigenvalue weighted by Crippen LogP contribution is -1.90. The molecular formula is C17H12BrClN2S. The largest absolute Gasteiger partial charge is 0.149 e. The Bertz CT molecular complexity index is 760. The maximum Gasteiger partial charge on any atom is 0.119 e. The predicted octanol–water partition coefficient (Wildman–Crippen LogP) is 5.85. The van der Waals surface area contributed by atoms with Crippen LogP contribution in [0.1, 0.15) is 5.56 Å². The van der Waals surface area contributed by atoms with Crippen LogP contribution >= 0.6 is 39.3 Å². The summed E-state index contributed by atoms with van der Waals surface area (Å²) in [4.78, 5) is 0. The van der Waals surface area contributed by atoms with Gasteiger partial charge in [-0.25, -0.2) is 0 Å². The molecule has 110 valence electrons. The summed E-state index contributed by atoms with van der Waals surface area (Å²) in [6.07, 6.45) is 0. The Morgan fingerprint density at radius 2 is 1.68 bits per heavy atom. The second-order valence-electron chi connectivity index (χ2n) is 4.64. The Morgan fingerprint density at radius 3 is 2.36 bits per heavy atom. The van der Waals surface area contributed by atoms with Gasteiger partial charge in [0.1, 0.15) is 5.03 Å². The van der Waals surface area contributed by atoms with Gasteiger partial charge in [0.15, 0.2) is 0 Å². The number of hydrogen-bond donors (Lipinski definition) is 0. The van der Waals surface area contributed by atoms with Crippen molar-refractivity contribution in [1.29, 1.82) is 0 Å². The van der Waals surface area contributed by atoms with Crippen molar-refractivity contribution in [3.63, 3.8) is 0 Å². The van der Waals surface area contributed by atoms with Crippen LogP contribution in [0.3, 0.4) is 0 Å². The maximum atomic E-state index is 6.16. The molecule has 0 aliphatic heterocycles. The van der Waals surface area contributed by atoms with Gasteiger partial charge in [0, 0.05) is 20.8 Å². The van der Waals surface area contributed by atoms with Gasteiger partial charge in [0.25, 0.3) is 0 Å². The zero-order valence-corrected chi connectivity index (χ0v) is 14.7. The first-order valence-corrected chi connectivity index (χ1v) is 8.84. The fraction of sp³-hybridized carbons (Fsp3) is 0.0588. The summed E-state index contributed by atoms with van der Waals surface area (Å²) in [6, 6.07) is 19.9. The zero-order valence-electron chi connectivity index (χ0n) is 11.5. The van der Waals surface area contributed by atoms with Crippen LogP contribution in [0.2, 0.25) is 5.02 Å². The molecule has 0 saturated carbocycles. The first-order chi connectivity index (χ1) is 10.7. The normalized spacial score (nSPS) is 10.6. The quantitative estimate of drug-likeness (QED) is 0.522. The van der Waals surface area contributed by atoms with Crippen LogP contribution in [0, 0.1) is 0 Å². The average molecular weight is 392 g/mol. The summed E-state index contributed by atoms with van der Waals surface area (Å²) < 4.78 is 1.05. The first-order valence-electron chi connectivity index (χ1n) is 6.68. The molecule has 3 aromatic rings. The minimum absolute atomic E-state index is 0.784. The number of rotatable bonds is 4. The molecule has 1 aromatic heterocycles. The van der Waals surface area contributed by atoms with E-state index in [2.05, 4.69) is 26.1 Å². The minimum Gasteiger partial charge on any atom is -0.149 e. The minimum atomic E-state index is 0.784. The van der Waals surface area contributed by atoms with Crippen LogP contribution in [0.25, 0.3) is 11.3 Å². The molecule has 2 nitrogen and oxygen atoms in total. The molecule has 0 saturated heterocycles. The van der Waals surface area contributed by atoms with Crippen LogP contribution in [0.4, 0.5) is 0 Å². The second-order valence-corrected chi connectivity index (χ2v) is 6.96. The summed E-state index contributed by atoms with van der Waals surface area (Å²) in [7, 11) is 0. The SMILES string of the molecule is Clc1ccccc1CSc1ccc(-c2ccc(Br)cc2)nn1. The third kappa shape index (κ3) is 3.88. The summed E-state index contributed by atoms with van der Waals surface area (Å²) >= 11 is 11.2. The zero-order chi connectivity index (χ0) is 15.4. The first kappa shape index (κ1) is 15.5. The summed E-state index contributed by atoms with van der Waals surface area (Å²) in [6.45, 7) is 0. The second kappa shape index (κ2) is 7.27. The van der Waals surface area contributed by atoms with Gasteiger partial charge >= 0.3 is 0 Å². The van der Waals surface area contributed by atoms with Crippen molar-refractivity contribution in [2.75, 3.05) is 0 Å². The lowest BCUT2D eigenvalue weighted by atomic mass is 10.1. The Kier molecular flexibility index (Phi) is 5.13. The summed E-state index contributed by atoms with van der Waals surface area (Å²) in [5, 5.41) is 10.3. The molecule has 0 spiro atoms. The summed E-state index contributed by atoms with van der Waals surface area (Å²) in [5.41, 5.74) is 3.03. The van der Waals surface area contributed by atoms with Crippen LogP contribution in [0.15, 0.2) is 70.2 Å². The fourth-order valence-corrected chi connectivity index (χ4v) is 3.30. The number of nitrogens with zero attached hydrogens (tertiary/aromatic N) is 2. The van der Waals surface area contributed by atoms with Gasteiger partial charge in [-0.1, -0.05) is 69.6 Å². The van der Waals surface area contributed by atoms with Gasteiger partial charge in [-0.05, 0) is 35.9 Å². The highest BCUT2D eigenvalue weighted by atomic mass is 79.9. The molecular weight excluding hydrogens is 380 g/mol. The molecule has 0 radical (unpaired) electrons. The molecule has 0 amide bonds. The van der Waals surface area contributed by atoms with E-state index in [-0.39, 0.29) is 0 Å².